The maximum atomic E-state index is 9.72. The highest BCUT2D eigenvalue weighted by Crippen LogP contribution is 2.28. The fraction of sp³-hybridized carbons (Fsp3) is 0.250. The third-order valence-corrected chi connectivity index (χ3v) is 5.48. The SMILES string of the molecule is O[C@H]1CC[C@H](Nc2ncc3ncnc(Nc4cccc(Oc5ccccc5)c4)c3n2)CC1. The zero-order chi connectivity index (χ0) is 21.8. The van der Waals surface area contributed by atoms with E-state index < -0.39 is 0 Å². The first kappa shape index (κ1) is 20.1. The molecule has 1 fully saturated rings. The third-order valence-electron chi connectivity index (χ3n) is 5.48. The smallest absolute Gasteiger partial charge is 0.223 e. The van der Waals surface area contributed by atoms with Crippen molar-refractivity contribution in [2.75, 3.05) is 10.6 Å². The van der Waals surface area contributed by atoms with Crippen LogP contribution >= 0.6 is 0 Å². The lowest BCUT2D eigenvalue weighted by Gasteiger charge is -2.26. The van der Waals surface area contributed by atoms with Crippen molar-refractivity contribution in [3.8, 4) is 11.5 Å². The minimum Gasteiger partial charge on any atom is -0.457 e. The van der Waals surface area contributed by atoms with Gasteiger partial charge in [-0.15, -0.1) is 0 Å². The Hall–Kier alpha value is -3.78. The van der Waals surface area contributed by atoms with Crippen molar-refractivity contribution in [3.05, 3.63) is 67.1 Å². The first-order valence-corrected chi connectivity index (χ1v) is 10.8. The van der Waals surface area contributed by atoms with Gasteiger partial charge in [0.2, 0.25) is 5.95 Å². The number of aliphatic hydroxyl groups excluding tert-OH is 1. The topological polar surface area (TPSA) is 105 Å². The van der Waals surface area contributed by atoms with Crippen LogP contribution in [0.5, 0.6) is 11.5 Å². The van der Waals surface area contributed by atoms with Gasteiger partial charge in [0.25, 0.3) is 0 Å². The number of para-hydroxylation sites is 1. The van der Waals surface area contributed by atoms with Crippen LogP contribution in [0.15, 0.2) is 67.1 Å². The van der Waals surface area contributed by atoms with Gasteiger partial charge >= 0.3 is 0 Å². The maximum Gasteiger partial charge on any atom is 0.223 e. The standard InChI is InChI=1S/C24H24N6O2/c31-18-11-9-16(10-12-18)29-24-25-14-21-22(30-24)23(27-15-26-21)28-17-5-4-8-20(13-17)32-19-6-2-1-3-7-19/h1-8,13-16,18,31H,9-12H2,(H,25,29,30)(H,26,27,28)/t16-,18-. The van der Waals surface area contributed by atoms with Crippen LogP contribution in [-0.2, 0) is 0 Å². The maximum absolute atomic E-state index is 9.72. The fourth-order valence-corrected chi connectivity index (χ4v) is 3.82. The lowest BCUT2D eigenvalue weighted by molar-refractivity contribution is 0.126. The molecule has 3 N–H and O–H groups in total. The van der Waals surface area contributed by atoms with Crippen LogP contribution in [0.2, 0.25) is 0 Å². The molecule has 0 spiro atoms. The van der Waals surface area contributed by atoms with E-state index in [2.05, 4.69) is 30.6 Å². The zero-order valence-corrected chi connectivity index (χ0v) is 17.5. The monoisotopic (exact) mass is 428 g/mol. The summed E-state index contributed by atoms with van der Waals surface area (Å²) in [5.41, 5.74) is 2.12. The van der Waals surface area contributed by atoms with E-state index in [0.717, 1.165) is 42.9 Å². The summed E-state index contributed by atoms with van der Waals surface area (Å²) in [4.78, 5) is 17.8. The van der Waals surface area contributed by atoms with Crippen molar-refractivity contribution in [2.45, 2.75) is 37.8 Å². The van der Waals surface area contributed by atoms with E-state index in [1.165, 1.54) is 6.33 Å². The Morgan fingerprint density at radius 2 is 1.69 bits per heavy atom. The van der Waals surface area contributed by atoms with Crippen LogP contribution in [0.4, 0.5) is 17.5 Å². The second-order valence-electron chi connectivity index (χ2n) is 7.87. The molecule has 5 rings (SSSR count). The highest BCUT2D eigenvalue weighted by Gasteiger charge is 2.20. The molecule has 0 bridgehead atoms. The number of fused-ring (bicyclic) bond motifs is 1. The minimum atomic E-state index is -0.198. The Morgan fingerprint density at radius 1 is 0.875 bits per heavy atom. The van der Waals surface area contributed by atoms with E-state index in [-0.39, 0.29) is 12.1 Å². The van der Waals surface area contributed by atoms with Crippen LogP contribution in [0, 0.1) is 0 Å². The van der Waals surface area contributed by atoms with Crippen LogP contribution in [0.25, 0.3) is 11.0 Å². The molecule has 32 heavy (non-hydrogen) atoms. The number of nitrogens with one attached hydrogen (secondary N) is 2. The average molecular weight is 428 g/mol. The molecular formula is C24H24N6O2. The Labute approximate surface area is 185 Å². The number of nitrogens with zero attached hydrogens (tertiary/aromatic N) is 4. The quantitative estimate of drug-likeness (QED) is 0.407. The van der Waals surface area contributed by atoms with Gasteiger partial charge in [-0.05, 0) is 49.9 Å². The van der Waals surface area contributed by atoms with E-state index >= 15 is 0 Å². The van der Waals surface area contributed by atoms with E-state index in [1.807, 2.05) is 54.6 Å². The molecule has 0 unspecified atom stereocenters. The zero-order valence-electron chi connectivity index (χ0n) is 17.5. The van der Waals surface area contributed by atoms with Crippen LogP contribution in [-0.4, -0.2) is 37.2 Å². The fourth-order valence-electron chi connectivity index (χ4n) is 3.82. The summed E-state index contributed by atoms with van der Waals surface area (Å²) in [6, 6.07) is 17.6. The van der Waals surface area contributed by atoms with Crippen molar-refractivity contribution >= 4 is 28.5 Å². The summed E-state index contributed by atoms with van der Waals surface area (Å²) < 4.78 is 5.93. The highest BCUT2D eigenvalue weighted by atomic mass is 16.5. The van der Waals surface area contributed by atoms with Crippen LogP contribution in [0.1, 0.15) is 25.7 Å². The van der Waals surface area contributed by atoms with Gasteiger partial charge in [-0.25, -0.2) is 19.9 Å². The molecule has 0 atom stereocenters. The summed E-state index contributed by atoms with van der Waals surface area (Å²) in [5, 5.41) is 16.4. The van der Waals surface area contributed by atoms with Crippen molar-refractivity contribution in [1.82, 2.24) is 19.9 Å². The van der Waals surface area contributed by atoms with E-state index in [1.54, 1.807) is 6.20 Å². The number of hydrogen-bond acceptors (Lipinski definition) is 8. The largest absolute Gasteiger partial charge is 0.457 e. The number of anilines is 3. The van der Waals surface area contributed by atoms with Gasteiger partial charge < -0.3 is 20.5 Å². The first-order valence-electron chi connectivity index (χ1n) is 10.8. The number of benzene rings is 2. The molecule has 2 aromatic heterocycles. The molecule has 0 radical (unpaired) electrons. The molecule has 1 aliphatic carbocycles. The van der Waals surface area contributed by atoms with Crippen LogP contribution < -0.4 is 15.4 Å². The van der Waals surface area contributed by atoms with Gasteiger partial charge in [-0.2, -0.15) is 0 Å². The number of aliphatic hydroxyl groups is 1. The Bertz CT molecular complexity index is 1200. The third kappa shape index (κ3) is 4.76. The van der Waals surface area contributed by atoms with Gasteiger partial charge in [0.1, 0.15) is 28.9 Å². The lowest BCUT2D eigenvalue weighted by atomic mass is 9.93. The molecule has 4 aromatic rings. The molecule has 162 valence electrons. The molecule has 1 aliphatic rings. The molecule has 1 saturated carbocycles. The van der Waals surface area contributed by atoms with E-state index in [0.29, 0.717) is 22.8 Å². The van der Waals surface area contributed by atoms with Gasteiger partial charge in [-0.1, -0.05) is 24.3 Å². The normalized spacial score (nSPS) is 18.3. The summed E-state index contributed by atoms with van der Waals surface area (Å²) in [6.45, 7) is 0. The summed E-state index contributed by atoms with van der Waals surface area (Å²) in [7, 11) is 0. The molecule has 8 heteroatoms. The molecule has 0 aliphatic heterocycles. The molecule has 2 heterocycles. The molecule has 0 amide bonds. The van der Waals surface area contributed by atoms with Gasteiger partial charge in [0.05, 0.1) is 12.3 Å². The Balaban J connectivity index is 1.36. The lowest BCUT2D eigenvalue weighted by Crippen LogP contribution is -2.28. The molecule has 2 aromatic carbocycles. The minimum absolute atomic E-state index is 0.198. The van der Waals surface area contributed by atoms with E-state index in [4.69, 9.17) is 4.74 Å². The predicted octanol–water partition coefficient (Wildman–Crippen LogP) is 4.67. The molecule has 0 saturated heterocycles. The summed E-state index contributed by atoms with van der Waals surface area (Å²) >= 11 is 0. The average Bonchev–Trinajstić information content (AvgIpc) is 2.82. The summed E-state index contributed by atoms with van der Waals surface area (Å²) in [6.07, 6.45) is 6.38. The van der Waals surface area contributed by atoms with Gasteiger partial charge in [-0.3, -0.25) is 0 Å². The molecular weight excluding hydrogens is 404 g/mol. The Kier molecular flexibility index (Phi) is 5.76. The van der Waals surface area contributed by atoms with Gasteiger partial charge in [0.15, 0.2) is 5.82 Å². The van der Waals surface area contributed by atoms with Crippen molar-refractivity contribution in [3.63, 3.8) is 0 Å². The second kappa shape index (κ2) is 9.15. The van der Waals surface area contributed by atoms with Gasteiger partial charge in [0, 0.05) is 17.8 Å². The summed E-state index contributed by atoms with van der Waals surface area (Å²) in [5.74, 6) is 2.63. The Morgan fingerprint density at radius 3 is 2.53 bits per heavy atom. The second-order valence-corrected chi connectivity index (χ2v) is 7.87. The van der Waals surface area contributed by atoms with Crippen LogP contribution in [0.3, 0.4) is 0 Å². The predicted molar refractivity (Wildman–Crippen MR) is 123 cm³/mol. The number of aromatic nitrogens is 4. The van der Waals surface area contributed by atoms with E-state index in [9.17, 15) is 5.11 Å². The molecule has 8 nitrogen and oxygen atoms in total. The van der Waals surface area contributed by atoms with Crippen molar-refractivity contribution in [1.29, 1.82) is 0 Å². The van der Waals surface area contributed by atoms with Crippen molar-refractivity contribution < 1.29 is 9.84 Å². The number of ether oxygens (including phenoxy) is 1. The number of hydrogen-bond donors (Lipinski definition) is 3. The number of rotatable bonds is 6. The first-order chi connectivity index (χ1) is 15.7. The van der Waals surface area contributed by atoms with Crippen molar-refractivity contribution in [2.24, 2.45) is 0 Å². The highest BCUT2D eigenvalue weighted by molar-refractivity contribution is 5.87.